The number of hydrogen-bond donors (Lipinski definition) is 0. The molecule has 2 aliphatic rings. The van der Waals surface area contributed by atoms with Crippen LogP contribution in [0.2, 0.25) is 0 Å². The number of nitrogens with zero attached hydrogens (tertiary/aromatic N) is 4. The van der Waals surface area contributed by atoms with Crippen molar-refractivity contribution in [3.8, 4) is 5.69 Å². The molecule has 1 aliphatic carbocycles. The van der Waals surface area contributed by atoms with E-state index in [1.807, 2.05) is 10.6 Å². The van der Waals surface area contributed by atoms with E-state index < -0.39 is 0 Å². The molecule has 0 saturated carbocycles. The second-order valence-corrected chi connectivity index (χ2v) is 6.41. The number of imide groups is 1. The normalized spacial score (nSPS) is 18.6. The first-order valence-corrected chi connectivity index (χ1v) is 8.16. The first-order valence-electron chi connectivity index (χ1n) is 8.16. The highest BCUT2D eigenvalue weighted by Crippen LogP contribution is 2.32. The largest absolute Gasteiger partial charge is 0.288 e. The molecule has 2 aromatic carbocycles. The van der Waals surface area contributed by atoms with Gasteiger partial charge < -0.3 is 0 Å². The van der Waals surface area contributed by atoms with Crippen molar-refractivity contribution in [1.82, 2.24) is 19.7 Å². The van der Waals surface area contributed by atoms with Crippen LogP contribution in [0.15, 0.2) is 55.1 Å². The minimum atomic E-state index is -0.183. The molecular weight excluding hydrogens is 316 g/mol. The Balaban J connectivity index is 1.46. The maximum absolute atomic E-state index is 12.7. The lowest BCUT2D eigenvalue weighted by molar-refractivity contribution is 0.0590. The van der Waals surface area contributed by atoms with Crippen LogP contribution in [0.3, 0.4) is 0 Å². The lowest BCUT2D eigenvalue weighted by atomic mass is 10.1. The van der Waals surface area contributed by atoms with E-state index in [9.17, 15) is 9.59 Å². The highest BCUT2D eigenvalue weighted by Gasteiger charge is 2.41. The number of benzene rings is 2. The van der Waals surface area contributed by atoms with E-state index in [0.29, 0.717) is 24.0 Å². The second-order valence-electron chi connectivity index (χ2n) is 6.41. The molecule has 5 rings (SSSR count). The molecule has 0 bridgehead atoms. The zero-order valence-electron chi connectivity index (χ0n) is 13.3. The van der Waals surface area contributed by atoms with E-state index in [-0.39, 0.29) is 17.9 Å². The summed E-state index contributed by atoms with van der Waals surface area (Å²) in [6.45, 7) is 0. The third-order valence-corrected chi connectivity index (χ3v) is 5.01. The van der Waals surface area contributed by atoms with E-state index in [0.717, 1.165) is 11.3 Å². The van der Waals surface area contributed by atoms with Gasteiger partial charge in [-0.25, -0.2) is 0 Å². The topological polar surface area (TPSA) is 68.1 Å². The van der Waals surface area contributed by atoms with Crippen LogP contribution in [-0.4, -0.2) is 37.5 Å². The van der Waals surface area contributed by atoms with Crippen LogP contribution < -0.4 is 0 Å². The number of hydrogen-bond acceptors (Lipinski definition) is 4. The summed E-state index contributed by atoms with van der Waals surface area (Å²) < 4.78 is 1.84. The molecule has 2 heterocycles. The van der Waals surface area contributed by atoms with Crippen molar-refractivity contribution < 1.29 is 9.59 Å². The molecule has 0 radical (unpaired) electrons. The standard InChI is InChI=1S/C19H14N4O2/c24-18-16-3-1-2-4-17(16)19(25)23(18)15-7-12-5-6-14(8-13(12)9-15)22-10-20-21-11-22/h1-6,8,10-11,15H,7,9H2. The molecule has 1 unspecified atom stereocenters. The third-order valence-electron chi connectivity index (χ3n) is 5.01. The van der Waals surface area contributed by atoms with Crippen LogP contribution in [0.5, 0.6) is 0 Å². The van der Waals surface area contributed by atoms with Gasteiger partial charge >= 0.3 is 0 Å². The summed E-state index contributed by atoms with van der Waals surface area (Å²) in [6.07, 6.45) is 4.68. The summed E-state index contributed by atoms with van der Waals surface area (Å²) in [4.78, 5) is 26.8. The molecule has 0 fully saturated rings. The van der Waals surface area contributed by atoms with Crippen molar-refractivity contribution in [1.29, 1.82) is 0 Å². The Morgan fingerprint density at radius 3 is 2.16 bits per heavy atom. The minimum absolute atomic E-state index is 0.126. The summed E-state index contributed by atoms with van der Waals surface area (Å²) >= 11 is 0. The molecule has 122 valence electrons. The van der Waals surface area contributed by atoms with Gasteiger partial charge in [0.25, 0.3) is 11.8 Å². The fraction of sp³-hybridized carbons (Fsp3) is 0.158. The molecule has 1 atom stereocenters. The summed E-state index contributed by atoms with van der Waals surface area (Å²) in [5, 5.41) is 7.66. The van der Waals surface area contributed by atoms with Crippen LogP contribution in [0.4, 0.5) is 0 Å². The molecule has 6 heteroatoms. The highest BCUT2D eigenvalue weighted by atomic mass is 16.2. The quantitative estimate of drug-likeness (QED) is 0.674. The molecule has 1 aliphatic heterocycles. The van der Waals surface area contributed by atoms with Crippen molar-refractivity contribution in [2.45, 2.75) is 18.9 Å². The average molecular weight is 330 g/mol. The first kappa shape index (κ1) is 14.1. The molecule has 0 spiro atoms. The van der Waals surface area contributed by atoms with Gasteiger partial charge in [0.05, 0.1) is 11.1 Å². The zero-order chi connectivity index (χ0) is 17.0. The number of rotatable bonds is 2. The van der Waals surface area contributed by atoms with E-state index in [2.05, 4.69) is 22.3 Å². The summed E-state index contributed by atoms with van der Waals surface area (Å²) in [7, 11) is 0. The molecule has 0 saturated heterocycles. The Kier molecular flexibility index (Phi) is 2.88. The summed E-state index contributed by atoms with van der Waals surface area (Å²) in [5.41, 5.74) is 4.33. The molecule has 3 aromatic rings. The second kappa shape index (κ2) is 5.11. The number of amides is 2. The molecular formula is C19H14N4O2. The van der Waals surface area contributed by atoms with Crippen LogP contribution in [0.25, 0.3) is 5.69 Å². The Morgan fingerprint density at radius 1 is 0.840 bits per heavy atom. The van der Waals surface area contributed by atoms with Gasteiger partial charge in [-0.2, -0.15) is 0 Å². The van der Waals surface area contributed by atoms with Crippen molar-refractivity contribution in [2.24, 2.45) is 0 Å². The summed E-state index contributed by atoms with van der Waals surface area (Å²) in [6, 6.07) is 13.1. The van der Waals surface area contributed by atoms with Crippen LogP contribution in [-0.2, 0) is 12.8 Å². The maximum Gasteiger partial charge on any atom is 0.261 e. The monoisotopic (exact) mass is 330 g/mol. The maximum atomic E-state index is 12.7. The average Bonchev–Trinajstić information content (AvgIpc) is 3.34. The third kappa shape index (κ3) is 2.04. The fourth-order valence-electron chi connectivity index (χ4n) is 3.80. The Morgan fingerprint density at radius 2 is 1.48 bits per heavy atom. The van der Waals surface area contributed by atoms with Crippen molar-refractivity contribution >= 4 is 11.8 Å². The first-order chi connectivity index (χ1) is 12.2. The van der Waals surface area contributed by atoms with Gasteiger partial charge in [0, 0.05) is 11.7 Å². The van der Waals surface area contributed by atoms with E-state index in [1.165, 1.54) is 10.5 Å². The zero-order valence-corrected chi connectivity index (χ0v) is 13.3. The number of aromatic nitrogens is 3. The number of carbonyl (C=O) groups is 2. The van der Waals surface area contributed by atoms with Crippen molar-refractivity contribution in [2.75, 3.05) is 0 Å². The van der Waals surface area contributed by atoms with Crippen LogP contribution in [0.1, 0.15) is 31.8 Å². The smallest absolute Gasteiger partial charge is 0.261 e. The van der Waals surface area contributed by atoms with Gasteiger partial charge in [-0.05, 0) is 48.2 Å². The lowest BCUT2D eigenvalue weighted by Gasteiger charge is -2.21. The minimum Gasteiger partial charge on any atom is -0.288 e. The van der Waals surface area contributed by atoms with Gasteiger partial charge in [0.1, 0.15) is 12.7 Å². The van der Waals surface area contributed by atoms with Gasteiger partial charge in [0.15, 0.2) is 0 Å². The Hall–Kier alpha value is -3.28. The molecule has 0 N–H and O–H groups in total. The number of fused-ring (bicyclic) bond motifs is 2. The van der Waals surface area contributed by atoms with Crippen molar-refractivity contribution in [3.63, 3.8) is 0 Å². The molecule has 25 heavy (non-hydrogen) atoms. The van der Waals surface area contributed by atoms with Crippen LogP contribution in [0, 0.1) is 0 Å². The summed E-state index contributed by atoms with van der Waals surface area (Å²) in [5.74, 6) is -0.366. The molecule has 1 aromatic heterocycles. The predicted molar refractivity (Wildman–Crippen MR) is 89.5 cm³/mol. The van der Waals surface area contributed by atoms with E-state index >= 15 is 0 Å². The van der Waals surface area contributed by atoms with Crippen molar-refractivity contribution in [3.05, 3.63) is 77.4 Å². The van der Waals surface area contributed by atoms with E-state index in [4.69, 9.17) is 0 Å². The van der Waals surface area contributed by atoms with Crippen LogP contribution >= 0.6 is 0 Å². The molecule has 2 amide bonds. The number of carbonyl (C=O) groups excluding carboxylic acids is 2. The lowest BCUT2D eigenvalue weighted by Crippen LogP contribution is -2.40. The Labute approximate surface area is 143 Å². The van der Waals surface area contributed by atoms with Gasteiger partial charge in [0.2, 0.25) is 0 Å². The van der Waals surface area contributed by atoms with Gasteiger partial charge in [-0.1, -0.05) is 18.2 Å². The van der Waals surface area contributed by atoms with Gasteiger partial charge in [-0.15, -0.1) is 10.2 Å². The van der Waals surface area contributed by atoms with E-state index in [1.54, 1.807) is 36.9 Å². The SMILES string of the molecule is O=C1c2ccccc2C(=O)N1C1Cc2ccc(-n3cnnc3)cc2C1. The fourth-order valence-corrected chi connectivity index (χ4v) is 3.80. The molecule has 6 nitrogen and oxygen atoms in total. The Bertz CT molecular complexity index is 975. The van der Waals surface area contributed by atoms with Gasteiger partial charge in [-0.3, -0.25) is 19.1 Å². The predicted octanol–water partition coefficient (Wildman–Crippen LogP) is 2.03. The highest BCUT2D eigenvalue weighted by molar-refractivity contribution is 6.21.